The van der Waals surface area contributed by atoms with Gasteiger partial charge in [0.2, 0.25) is 5.88 Å². The van der Waals surface area contributed by atoms with Crippen LogP contribution in [0.25, 0.3) is 23.2 Å². The predicted molar refractivity (Wildman–Crippen MR) is 128 cm³/mol. The maximum absolute atomic E-state index is 11.8. The Morgan fingerprint density at radius 3 is 2.41 bits per heavy atom. The Labute approximate surface area is 195 Å². The quantitative estimate of drug-likeness (QED) is 0.197. The van der Waals surface area contributed by atoms with Crippen molar-refractivity contribution < 1.29 is 19.2 Å². The van der Waals surface area contributed by atoms with Gasteiger partial charge in [0.25, 0.3) is 5.69 Å². The Morgan fingerprint density at radius 2 is 1.71 bits per heavy atom. The predicted octanol–water partition coefficient (Wildman–Crippen LogP) is 5.46. The van der Waals surface area contributed by atoms with Crippen LogP contribution in [0.1, 0.15) is 34.1 Å². The summed E-state index contributed by atoms with van der Waals surface area (Å²) in [6.45, 7) is 2.29. The molecule has 3 aromatic carbocycles. The minimum atomic E-state index is -0.436. The molecule has 34 heavy (non-hydrogen) atoms. The van der Waals surface area contributed by atoms with Crippen LogP contribution in [0.4, 0.5) is 5.69 Å². The van der Waals surface area contributed by atoms with Gasteiger partial charge in [0.05, 0.1) is 28.1 Å². The lowest BCUT2D eigenvalue weighted by Crippen LogP contribution is -2.05. The number of hydrogen-bond acceptors (Lipinski definition) is 7. The van der Waals surface area contributed by atoms with Gasteiger partial charge in [-0.05, 0) is 48.4 Å². The van der Waals surface area contributed by atoms with Crippen LogP contribution in [0.2, 0.25) is 0 Å². The van der Waals surface area contributed by atoms with Crippen molar-refractivity contribution in [2.75, 3.05) is 6.61 Å². The maximum Gasteiger partial charge on any atom is 0.338 e. The van der Waals surface area contributed by atoms with Crippen LogP contribution in [0.15, 0.2) is 72.8 Å². The average molecular weight is 455 g/mol. The number of esters is 1. The first kappa shape index (κ1) is 22.6. The molecular weight excluding hydrogens is 434 g/mol. The van der Waals surface area contributed by atoms with Crippen LogP contribution < -0.4 is 4.74 Å². The van der Waals surface area contributed by atoms with Gasteiger partial charge >= 0.3 is 5.97 Å². The van der Waals surface area contributed by atoms with E-state index in [0.29, 0.717) is 40.3 Å². The molecule has 170 valence electrons. The molecule has 0 radical (unpaired) electrons. The Kier molecular flexibility index (Phi) is 6.88. The fourth-order valence-corrected chi connectivity index (χ4v) is 3.23. The Bertz CT molecular complexity index is 1370. The normalized spacial score (nSPS) is 11.0. The number of nitrogens with zero attached hydrogens (tertiary/aromatic N) is 3. The first-order valence-electron chi connectivity index (χ1n) is 10.6. The summed E-state index contributed by atoms with van der Waals surface area (Å²) < 4.78 is 11.0. The van der Waals surface area contributed by atoms with Gasteiger partial charge in [-0.25, -0.2) is 14.8 Å². The molecule has 4 aromatic rings. The van der Waals surface area contributed by atoms with Crippen LogP contribution in [-0.2, 0) is 11.3 Å². The Hall–Kier alpha value is -4.59. The van der Waals surface area contributed by atoms with Gasteiger partial charge in [-0.3, -0.25) is 10.1 Å². The average Bonchev–Trinajstić information content (AvgIpc) is 2.86. The third-order valence-electron chi connectivity index (χ3n) is 4.92. The first-order valence-corrected chi connectivity index (χ1v) is 10.6. The molecule has 0 spiro atoms. The summed E-state index contributed by atoms with van der Waals surface area (Å²) in [7, 11) is 0. The second kappa shape index (κ2) is 10.4. The molecular formula is C26H21N3O5. The number of fused-ring (bicyclic) bond motifs is 1. The molecule has 0 saturated heterocycles. The van der Waals surface area contributed by atoms with E-state index < -0.39 is 4.92 Å². The molecule has 0 N–H and O–H groups in total. The summed E-state index contributed by atoms with van der Waals surface area (Å²) >= 11 is 0. The Morgan fingerprint density at radius 1 is 0.971 bits per heavy atom. The summed E-state index contributed by atoms with van der Waals surface area (Å²) in [4.78, 5) is 31.7. The molecule has 1 heterocycles. The summed E-state index contributed by atoms with van der Waals surface area (Å²) in [5, 5.41) is 11.1. The topological polar surface area (TPSA) is 104 Å². The molecule has 0 saturated carbocycles. The third-order valence-corrected chi connectivity index (χ3v) is 4.92. The fourth-order valence-electron chi connectivity index (χ4n) is 3.23. The van der Waals surface area contributed by atoms with Crippen LogP contribution in [0.3, 0.4) is 0 Å². The molecule has 8 nitrogen and oxygen atoms in total. The van der Waals surface area contributed by atoms with E-state index >= 15 is 0 Å². The molecule has 1 aromatic heterocycles. The van der Waals surface area contributed by atoms with E-state index in [-0.39, 0.29) is 18.3 Å². The van der Waals surface area contributed by atoms with Gasteiger partial charge in [-0.1, -0.05) is 42.5 Å². The van der Waals surface area contributed by atoms with Crippen molar-refractivity contribution in [1.82, 2.24) is 9.97 Å². The second-order valence-corrected chi connectivity index (χ2v) is 7.29. The van der Waals surface area contributed by atoms with Crippen LogP contribution in [0.5, 0.6) is 5.88 Å². The van der Waals surface area contributed by atoms with Gasteiger partial charge < -0.3 is 9.47 Å². The van der Waals surface area contributed by atoms with E-state index in [4.69, 9.17) is 9.47 Å². The SMILES string of the molecule is CCOC(=O)c1ccc(COc2nc3ccccc3nc2C=Cc2cccc([N+](=O)[O-])c2)cc1. The molecule has 0 amide bonds. The third kappa shape index (κ3) is 5.42. The number of carbonyl (C=O) groups is 1. The maximum atomic E-state index is 11.8. The molecule has 0 fully saturated rings. The monoisotopic (exact) mass is 455 g/mol. The van der Waals surface area contributed by atoms with Gasteiger partial charge in [0.1, 0.15) is 12.3 Å². The van der Waals surface area contributed by atoms with E-state index in [0.717, 1.165) is 5.56 Å². The van der Waals surface area contributed by atoms with E-state index in [2.05, 4.69) is 9.97 Å². The van der Waals surface area contributed by atoms with E-state index in [1.807, 2.05) is 24.3 Å². The molecule has 0 aliphatic rings. The highest BCUT2D eigenvalue weighted by molar-refractivity contribution is 5.89. The zero-order valence-electron chi connectivity index (χ0n) is 18.4. The van der Waals surface area contributed by atoms with Crippen molar-refractivity contribution >= 4 is 34.8 Å². The summed E-state index contributed by atoms with van der Waals surface area (Å²) in [6.07, 6.45) is 3.45. The molecule has 0 atom stereocenters. The Balaban J connectivity index is 1.59. The van der Waals surface area contributed by atoms with Gasteiger partial charge in [0, 0.05) is 12.1 Å². The number of aromatic nitrogens is 2. The highest BCUT2D eigenvalue weighted by Crippen LogP contribution is 2.23. The first-order chi connectivity index (χ1) is 16.5. The number of hydrogen-bond donors (Lipinski definition) is 0. The van der Waals surface area contributed by atoms with E-state index in [9.17, 15) is 14.9 Å². The second-order valence-electron chi connectivity index (χ2n) is 7.29. The van der Waals surface area contributed by atoms with Crippen molar-refractivity contribution in [2.24, 2.45) is 0 Å². The summed E-state index contributed by atoms with van der Waals surface area (Å²) in [5.74, 6) is -0.0428. The highest BCUT2D eigenvalue weighted by Gasteiger charge is 2.10. The number of rotatable bonds is 8. The van der Waals surface area contributed by atoms with Crippen LogP contribution >= 0.6 is 0 Å². The lowest BCUT2D eigenvalue weighted by atomic mass is 10.1. The smallest absolute Gasteiger partial charge is 0.338 e. The standard InChI is InChI=1S/C26H21N3O5/c1-2-33-26(30)20-13-10-19(11-14-20)17-34-25-24(27-22-8-3-4-9-23(22)28-25)15-12-18-6-5-7-21(16-18)29(31)32/h3-16H,2,17H2,1H3. The van der Waals surface area contributed by atoms with Crippen LogP contribution in [-0.4, -0.2) is 27.5 Å². The number of ether oxygens (including phenoxy) is 2. The van der Waals surface area contributed by atoms with Crippen molar-refractivity contribution in [3.63, 3.8) is 0 Å². The number of carbonyl (C=O) groups excluding carboxylic acids is 1. The minimum absolute atomic E-state index is 0.00878. The molecule has 4 rings (SSSR count). The number of para-hydroxylation sites is 2. The lowest BCUT2D eigenvalue weighted by Gasteiger charge is -2.10. The number of nitro benzene ring substituents is 1. The largest absolute Gasteiger partial charge is 0.471 e. The zero-order valence-corrected chi connectivity index (χ0v) is 18.4. The highest BCUT2D eigenvalue weighted by atomic mass is 16.6. The molecule has 0 aliphatic heterocycles. The summed E-state index contributed by atoms with van der Waals surface area (Å²) in [6, 6.07) is 20.7. The number of benzene rings is 3. The van der Waals surface area contributed by atoms with Crippen molar-refractivity contribution in [1.29, 1.82) is 0 Å². The molecule has 0 unspecified atom stereocenters. The number of non-ortho nitro benzene ring substituents is 1. The molecule has 0 bridgehead atoms. The molecule has 0 aliphatic carbocycles. The lowest BCUT2D eigenvalue weighted by molar-refractivity contribution is -0.384. The molecule has 8 heteroatoms. The van der Waals surface area contributed by atoms with Crippen molar-refractivity contribution in [3.8, 4) is 5.88 Å². The van der Waals surface area contributed by atoms with Gasteiger partial charge in [0.15, 0.2) is 0 Å². The van der Waals surface area contributed by atoms with E-state index in [1.165, 1.54) is 12.1 Å². The van der Waals surface area contributed by atoms with Gasteiger partial charge in [-0.2, -0.15) is 0 Å². The van der Waals surface area contributed by atoms with Crippen LogP contribution in [0, 0.1) is 10.1 Å². The van der Waals surface area contributed by atoms with E-state index in [1.54, 1.807) is 55.5 Å². The van der Waals surface area contributed by atoms with Crippen molar-refractivity contribution in [2.45, 2.75) is 13.5 Å². The van der Waals surface area contributed by atoms with Gasteiger partial charge in [-0.15, -0.1) is 0 Å². The fraction of sp³-hybridized carbons (Fsp3) is 0.115. The number of nitro groups is 1. The zero-order chi connectivity index (χ0) is 23.9. The van der Waals surface area contributed by atoms with Crippen molar-refractivity contribution in [3.05, 3.63) is 105 Å². The summed E-state index contributed by atoms with van der Waals surface area (Å²) in [5.41, 5.74) is 3.86. The minimum Gasteiger partial charge on any atom is -0.471 e.